The fraction of sp³-hybridized carbons (Fsp3) is 0.238. The Bertz CT molecular complexity index is 4960. The maximum absolute atomic E-state index is 2.40. The molecule has 0 heterocycles. The highest BCUT2D eigenvalue weighted by atomic mass is 14.5. The van der Waals surface area contributed by atoms with Gasteiger partial charge in [-0.25, -0.2) is 0 Å². The van der Waals surface area contributed by atoms with Crippen molar-refractivity contribution in [2.24, 2.45) is 5.41 Å². The molecule has 1 spiro atoms. The van der Waals surface area contributed by atoms with Crippen molar-refractivity contribution in [3.8, 4) is 44.5 Å². The van der Waals surface area contributed by atoms with Crippen molar-refractivity contribution >= 4 is 21.5 Å². The largest absolute Gasteiger partial charge is 0.0725 e. The van der Waals surface area contributed by atoms with Crippen LogP contribution in [0.5, 0.6) is 0 Å². The van der Waals surface area contributed by atoms with Crippen molar-refractivity contribution in [3.63, 3.8) is 0 Å². The predicted molar refractivity (Wildman–Crippen MR) is 462 cm³/mol. The van der Waals surface area contributed by atoms with Gasteiger partial charge < -0.3 is 0 Å². The van der Waals surface area contributed by atoms with Crippen LogP contribution in [-0.2, 0) is 16.2 Å². The number of aryl methyl sites for hydroxylation is 5. The van der Waals surface area contributed by atoms with E-state index in [9.17, 15) is 0 Å². The topological polar surface area (TPSA) is 0 Å². The zero-order valence-corrected chi connectivity index (χ0v) is 66.3. The van der Waals surface area contributed by atoms with E-state index < -0.39 is 0 Å². The third-order valence-electron chi connectivity index (χ3n) is 19.8. The summed E-state index contributed by atoms with van der Waals surface area (Å²) in [4.78, 5) is 0. The molecule has 0 fully saturated rings. The lowest BCUT2D eigenvalue weighted by Gasteiger charge is -2.30. The molecular formula is C105H114. The van der Waals surface area contributed by atoms with Crippen LogP contribution in [0.2, 0.25) is 0 Å². The van der Waals surface area contributed by atoms with Crippen LogP contribution in [0, 0.1) is 40.0 Å². The van der Waals surface area contributed by atoms with Crippen molar-refractivity contribution in [3.05, 3.63) is 405 Å². The van der Waals surface area contributed by atoms with Gasteiger partial charge in [-0.15, -0.1) is 0 Å². The van der Waals surface area contributed by atoms with E-state index in [0.717, 1.165) is 0 Å². The Kier molecular flexibility index (Phi) is 27.3. The van der Waals surface area contributed by atoms with Crippen molar-refractivity contribution < 1.29 is 0 Å². The van der Waals surface area contributed by atoms with Crippen molar-refractivity contribution in [2.45, 2.75) is 160 Å². The van der Waals surface area contributed by atoms with Gasteiger partial charge >= 0.3 is 0 Å². The van der Waals surface area contributed by atoms with E-state index in [2.05, 4.69) is 420 Å². The van der Waals surface area contributed by atoms with Crippen LogP contribution in [0.25, 0.3) is 66.1 Å². The number of hydrogen-bond donors (Lipinski definition) is 0. The van der Waals surface area contributed by atoms with Crippen LogP contribution < -0.4 is 0 Å². The van der Waals surface area contributed by atoms with Crippen LogP contribution in [0.4, 0.5) is 0 Å². The van der Waals surface area contributed by atoms with Gasteiger partial charge in [-0.3, -0.25) is 0 Å². The smallest absolute Gasteiger partial charge is 0.0683 e. The number of fused-ring (bicyclic) bond motifs is 18. The molecule has 0 saturated heterocycles. The van der Waals surface area contributed by atoms with Crippen molar-refractivity contribution in [1.82, 2.24) is 0 Å². The molecule has 0 aliphatic heterocycles. The van der Waals surface area contributed by atoms with Gasteiger partial charge in [0, 0.05) is 10.8 Å². The molecule has 0 radical (unpaired) electrons. The zero-order valence-electron chi connectivity index (χ0n) is 66.3. The summed E-state index contributed by atoms with van der Waals surface area (Å²) in [6, 6.07) is 118. The quantitative estimate of drug-likeness (QED) is 0.162. The monoisotopic (exact) mass is 1370 g/mol. The molecule has 4 aliphatic rings. The van der Waals surface area contributed by atoms with Gasteiger partial charge in [-0.05, 0) is 169 Å². The zero-order chi connectivity index (χ0) is 75.3. The maximum Gasteiger partial charge on any atom is 0.0725 e. The van der Waals surface area contributed by atoms with E-state index in [1.165, 1.54) is 163 Å². The summed E-state index contributed by atoms with van der Waals surface area (Å²) >= 11 is 0. The SMILES string of the molecule is CC.CC(C)(C)C.CC1(c2ccccc2)c2ccccc2-c2ccccc21.CCC.CCCC.Cc1ccc2c(c1)C(C)(C)c1ccccc1-2.Cc1ccc2c(c1)C1(c3ccccc3-c3ccccc31)c1ccccc1-2.Cc1ccc2ccccc2c1.Cc1cccc2ccccc12.Cc1ccccc1. The summed E-state index contributed by atoms with van der Waals surface area (Å²) in [5.41, 5.74) is 30.9. The molecule has 0 amide bonds. The molecule has 4 aliphatic carbocycles. The fourth-order valence-electron chi connectivity index (χ4n) is 14.8. The first kappa shape index (κ1) is 78.7. The second kappa shape index (κ2) is 36.3. The first-order chi connectivity index (χ1) is 50.7. The first-order valence-corrected chi connectivity index (χ1v) is 38.5. The number of hydrogen-bond acceptors (Lipinski definition) is 0. The fourth-order valence-corrected chi connectivity index (χ4v) is 14.8. The summed E-state index contributed by atoms with van der Waals surface area (Å²) in [6.45, 7) is 39.0. The van der Waals surface area contributed by atoms with E-state index in [0.29, 0.717) is 5.41 Å². The number of rotatable bonds is 2. The Morgan fingerprint density at radius 1 is 0.257 bits per heavy atom. The molecule has 534 valence electrons. The van der Waals surface area contributed by atoms with E-state index in [1.54, 1.807) is 0 Å². The lowest BCUT2D eigenvalue weighted by atomic mass is 9.70. The Morgan fingerprint density at radius 2 is 0.571 bits per heavy atom. The molecule has 18 rings (SSSR count). The minimum atomic E-state index is -0.189. The highest BCUT2D eigenvalue weighted by Gasteiger charge is 2.51. The van der Waals surface area contributed by atoms with E-state index in [4.69, 9.17) is 0 Å². The normalized spacial score (nSPS) is 12.6. The predicted octanol–water partition coefficient (Wildman–Crippen LogP) is 30.3. The second-order valence-electron chi connectivity index (χ2n) is 30.2. The summed E-state index contributed by atoms with van der Waals surface area (Å²) in [6.07, 6.45) is 3.89. The average molecular weight is 1380 g/mol. The first-order valence-electron chi connectivity index (χ1n) is 38.5. The third kappa shape index (κ3) is 17.9. The molecule has 0 bridgehead atoms. The Hall–Kier alpha value is -10.4. The summed E-state index contributed by atoms with van der Waals surface area (Å²) in [5.74, 6) is 0. The molecule has 0 atom stereocenters. The summed E-state index contributed by atoms with van der Waals surface area (Å²) in [5, 5.41) is 5.33. The molecule has 14 aromatic rings. The van der Waals surface area contributed by atoms with Crippen molar-refractivity contribution in [1.29, 1.82) is 0 Å². The number of unbranched alkanes of at least 4 members (excludes halogenated alkanes) is 1. The van der Waals surface area contributed by atoms with Gasteiger partial charge in [-0.1, -0.05) is 452 Å². The lowest BCUT2D eigenvalue weighted by Crippen LogP contribution is -2.25. The third-order valence-corrected chi connectivity index (χ3v) is 19.8. The van der Waals surface area contributed by atoms with Crippen LogP contribution in [0.15, 0.2) is 328 Å². The van der Waals surface area contributed by atoms with E-state index >= 15 is 0 Å². The highest BCUT2D eigenvalue weighted by Crippen LogP contribution is 2.63. The molecule has 14 aromatic carbocycles. The van der Waals surface area contributed by atoms with Gasteiger partial charge in [0.1, 0.15) is 0 Å². The summed E-state index contributed by atoms with van der Waals surface area (Å²) in [7, 11) is 0. The van der Waals surface area contributed by atoms with Crippen LogP contribution in [0.1, 0.15) is 187 Å². The minimum Gasteiger partial charge on any atom is -0.0683 e. The van der Waals surface area contributed by atoms with Crippen LogP contribution in [-0.4, -0.2) is 0 Å². The molecule has 0 nitrogen and oxygen atoms in total. The minimum absolute atomic E-state index is 0.0472. The van der Waals surface area contributed by atoms with Gasteiger partial charge in [0.25, 0.3) is 0 Å². The molecule has 105 heavy (non-hydrogen) atoms. The molecular weight excluding hydrogens is 1260 g/mol. The standard InChI is InChI=1S/C26H18.C20H16.C16H16.2C11H10.C7H8.C5H12.C4H10.C3H8.C2H6/c1-17-14-15-21-20-10-4-7-13-24(20)26(25(21)16-17)22-11-5-2-8-18(22)19-9-3-6-12-23(19)26;1-20(15-9-3-2-4-10-15)18-13-7-5-11-16(18)17-12-6-8-14-19(17)20;1-11-8-9-13-12-6-4-5-7-14(12)16(2,3)15(13)10-11;1-9-5-4-7-10-6-2-3-8-11(9)10;1-9-6-7-10-4-2-3-5-11(10)8-9;1-7-5-3-2-4-6-7;1-5(2,3)4;1-3-4-2;1-3-2;1-2/h2-16H,1H3;2-14H,1H3;4-10H,1-3H3;2*2-8H,1H3;2-6H,1H3;1-4H3;3-4H2,1-2H3;3H2,1-2H3;1-2H3. The Morgan fingerprint density at radius 3 is 1.01 bits per heavy atom. The molecule has 0 heteroatoms. The molecule has 0 aromatic heterocycles. The van der Waals surface area contributed by atoms with Crippen LogP contribution >= 0.6 is 0 Å². The molecule has 0 unspecified atom stereocenters. The summed E-state index contributed by atoms with van der Waals surface area (Å²) < 4.78 is 0. The van der Waals surface area contributed by atoms with E-state index in [-0.39, 0.29) is 16.2 Å². The molecule has 0 N–H and O–H groups in total. The molecule has 0 saturated carbocycles. The van der Waals surface area contributed by atoms with Crippen molar-refractivity contribution in [2.75, 3.05) is 0 Å². The lowest BCUT2D eigenvalue weighted by molar-refractivity contribution is 0.469. The Labute approximate surface area is 633 Å². The second-order valence-corrected chi connectivity index (χ2v) is 30.2. The van der Waals surface area contributed by atoms with Gasteiger partial charge in [-0.2, -0.15) is 0 Å². The Balaban J connectivity index is 0.000000146. The highest BCUT2D eigenvalue weighted by molar-refractivity contribution is 5.95. The van der Waals surface area contributed by atoms with E-state index in [1.807, 2.05) is 32.0 Å². The van der Waals surface area contributed by atoms with Crippen LogP contribution in [0.3, 0.4) is 0 Å². The van der Waals surface area contributed by atoms with Gasteiger partial charge in [0.2, 0.25) is 0 Å². The average Bonchev–Trinajstić information content (AvgIpc) is 1.51. The maximum atomic E-state index is 2.40. The number of benzene rings is 14. The van der Waals surface area contributed by atoms with Gasteiger partial charge in [0.15, 0.2) is 0 Å². The van der Waals surface area contributed by atoms with Gasteiger partial charge in [0.05, 0.1) is 5.41 Å².